The zero-order valence-electron chi connectivity index (χ0n) is 13.4. The summed E-state index contributed by atoms with van der Waals surface area (Å²) < 4.78 is 27.6. The van der Waals surface area contributed by atoms with Gasteiger partial charge in [-0.2, -0.15) is 0 Å². The Hall–Kier alpha value is 0.234. The van der Waals surface area contributed by atoms with Crippen LogP contribution in [0.2, 0.25) is 25.2 Å². The lowest BCUT2D eigenvalue weighted by atomic mass is 10.5. The average molecular weight is 335 g/mol. The Morgan fingerprint density at radius 2 is 1.29 bits per heavy atom. The van der Waals surface area contributed by atoms with Crippen LogP contribution in [0, 0.1) is 0 Å². The summed E-state index contributed by atoms with van der Waals surface area (Å²) in [5.74, 6) is 0. The van der Waals surface area contributed by atoms with Crippen LogP contribution in [-0.2, 0) is 23.1 Å². The molecule has 0 radical (unpaired) electrons. The molecule has 0 amide bonds. The van der Waals surface area contributed by atoms with Gasteiger partial charge in [-0.25, -0.2) is 0 Å². The van der Waals surface area contributed by atoms with Gasteiger partial charge in [-0.15, -0.1) is 0 Å². The summed E-state index contributed by atoms with van der Waals surface area (Å²) in [6, 6.07) is 2.44. The Kier molecular flexibility index (Phi) is 8.45. The Morgan fingerprint density at radius 1 is 0.857 bits per heavy atom. The van der Waals surface area contributed by atoms with Crippen molar-refractivity contribution in [3.05, 3.63) is 0 Å². The molecule has 5 nitrogen and oxygen atoms in total. The molecule has 0 spiro atoms. The second-order valence-electron chi connectivity index (χ2n) is 6.10. The van der Waals surface area contributed by atoms with E-state index < -0.39 is 18.1 Å². The highest BCUT2D eigenvalue weighted by Gasteiger charge is 2.22. The summed E-state index contributed by atoms with van der Waals surface area (Å²) in [4.78, 5) is 0. The van der Waals surface area contributed by atoms with Crippen molar-refractivity contribution in [3.63, 3.8) is 0 Å². The molecule has 0 aromatic heterocycles. The van der Waals surface area contributed by atoms with Gasteiger partial charge in [0.2, 0.25) is 0 Å². The molecule has 0 aromatic carbocycles. The van der Waals surface area contributed by atoms with Crippen LogP contribution in [0.25, 0.3) is 0 Å². The van der Waals surface area contributed by atoms with Gasteiger partial charge < -0.3 is 23.1 Å². The predicted molar refractivity (Wildman–Crippen MR) is 87.1 cm³/mol. The van der Waals surface area contributed by atoms with Gasteiger partial charge >= 0.3 is 0 Å². The summed E-state index contributed by atoms with van der Waals surface area (Å²) >= 11 is 0. The Labute approximate surface area is 131 Å². The third kappa shape index (κ3) is 9.77. The minimum atomic E-state index is -0.987. The molecular weight excluding hydrogens is 304 g/mol. The standard InChI is InChI=1S/C14H30O5Si2/c1-20(7-3-5-15-9-13-11-17-13)19-21(2)8-4-6-16-10-14-12-18-14/h13-14,20-21H,3-12H2,1-2H3. The summed E-state index contributed by atoms with van der Waals surface area (Å²) in [5, 5.41) is 0. The normalized spacial score (nSPS) is 26.6. The fourth-order valence-electron chi connectivity index (χ4n) is 2.24. The third-order valence-corrected chi connectivity index (χ3v) is 9.84. The van der Waals surface area contributed by atoms with Crippen molar-refractivity contribution in [2.24, 2.45) is 0 Å². The van der Waals surface area contributed by atoms with Crippen molar-refractivity contribution in [1.29, 1.82) is 0 Å². The van der Waals surface area contributed by atoms with Gasteiger partial charge in [-0.1, -0.05) is 0 Å². The van der Waals surface area contributed by atoms with Gasteiger partial charge in [-0.3, -0.25) is 0 Å². The summed E-state index contributed by atoms with van der Waals surface area (Å²) in [5.41, 5.74) is 0. The summed E-state index contributed by atoms with van der Waals surface area (Å²) in [7, 11) is -1.97. The van der Waals surface area contributed by atoms with Gasteiger partial charge in [0.1, 0.15) is 12.2 Å². The van der Waals surface area contributed by atoms with Crippen molar-refractivity contribution in [2.45, 2.75) is 50.2 Å². The van der Waals surface area contributed by atoms with Crippen LogP contribution in [0.1, 0.15) is 12.8 Å². The number of hydrogen-bond donors (Lipinski definition) is 0. The fraction of sp³-hybridized carbons (Fsp3) is 1.00. The zero-order valence-corrected chi connectivity index (χ0v) is 15.7. The molecule has 0 bridgehead atoms. The lowest BCUT2D eigenvalue weighted by Gasteiger charge is -2.17. The quantitative estimate of drug-likeness (QED) is 0.272. The molecule has 2 aliphatic heterocycles. The van der Waals surface area contributed by atoms with E-state index in [1.807, 2.05) is 0 Å². The minimum absolute atomic E-state index is 0.386. The first-order valence-electron chi connectivity index (χ1n) is 8.28. The minimum Gasteiger partial charge on any atom is -0.460 e. The summed E-state index contributed by atoms with van der Waals surface area (Å²) in [6.45, 7) is 9.65. The molecule has 2 fully saturated rings. The van der Waals surface area contributed by atoms with Gasteiger partial charge in [-0.05, 0) is 38.0 Å². The lowest BCUT2D eigenvalue weighted by Crippen LogP contribution is -2.24. The maximum absolute atomic E-state index is 6.25. The topological polar surface area (TPSA) is 52.8 Å². The van der Waals surface area contributed by atoms with Crippen molar-refractivity contribution < 1.29 is 23.1 Å². The van der Waals surface area contributed by atoms with Crippen LogP contribution in [0.5, 0.6) is 0 Å². The van der Waals surface area contributed by atoms with E-state index >= 15 is 0 Å². The first kappa shape index (κ1) is 17.6. The van der Waals surface area contributed by atoms with E-state index in [9.17, 15) is 0 Å². The molecule has 0 aliphatic carbocycles. The van der Waals surface area contributed by atoms with E-state index in [4.69, 9.17) is 23.1 Å². The highest BCUT2D eigenvalue weighted by Crippen LogP contribution is 2.11. The van der Waals surface area contributed by atoms with E-state index in [0.717, 1.165) is 52.5 Å². The lowest BCUT2D eigenvalue weighted by molar-refractivity contribution is 0.116. The Bertz CT molecular complexity index is 248. The van der Waals surface area contributed by atoms with Crippen LogP contribution < -0.4 is 0 Å². The largest absolute Gasteiger partial charge is 0.460 e. The highest BCUT2D eigenvalue weighted by atomic mass is 28.4. The van der Waals surface area contributed by atoms with Crippen molar-refractivity contribution in [3.8, 4) is 0 Å². The second-order valence-corrected chi connectivity index (χ2v) is 11.6. The number of rotatable bonds is 14. The van der Waals surface area contributed by atoms with E-state index in [-0.39, 0.29) is 0 Å². The first-order valence-corrected chi connectivity index (χ1v) is 13.2. The molecule has 2 saturated heterocycles. The van der Waals surface area contributed by atoms with Crippen molar-refractivity contribution in [2.75, 3.05) is 39.6 Å². The molecule has 4 unspecified atom stereocenters. The van der Waals surface area contributed by atoms with Gasteiger partial charge in [0, 0.05) is 13.2 Å². The van der Waals surface area contributed by atoms with Crippen LogP contribution in [0.4, 0.5) is 0 Å². The zero-order chi connectivity index (χ0) is 14.9. The third-order valence-electron chi connectivity index (χ3n) is 3.68. The fourth-order valence-corrected chi connectivity index (χ4v) is 7.98. The molecule has 0 aromatic rings. The van der Waals surface area contributed by atoms with Crippen molar-refractivity contribution in [1.82, 2.24) is 0 Å². The van der Waals surface area contributed by atoms with E-state index in [1.54, 1.807) is 0 Å². The maximum Gasteiger partial charge on any atom is 0.159 e. The molecule has 0 saturated carbocycles. The molecule has 4 atom stereocenters. The Morgan fingerprint density at radius 3 is 1.67 bits per heavy atom. The van der Waals surface area contributed by atoms with Gasteiger partial charge in [0.05, 0.1) is 26.4 Å². The predicted octanol–water partition coefficient (Wildman–Crippen LogP) is 1.32. The van der Waals surface area contributed by atoms with Gasteiger partial charge in [0.15, 0.2) is 18.1 Å². The molecule has 7 heteroatoms. The SMILES string of the molecule is C[SiH](CCCOCC1CO1)O[SiH](C)CCCOCC1CO1. The Balaban J connectivity index is 1.34. The summed E-state index contributed by atoms with van der Waals surface area (Å²) in [6.07, 6.45) is 3.03. The van der Waals surface area contributed by atoms with Crippen LogP contribution in [0.3, 0.4) is 0 Å². The second kappa shape index (κ2) is 10.1. The van der Waals surface area contributed by atoms with Crippen molar-refractivity contribution >= 4 is 18.1 Å². The van der Waals surface area contributed by atoms with Gasteiger partial charge in [0.25, 0.3) is 0 Å². The number of hydrogen-bond acceptors (Lipinski definition) is 5. The molecule has 0 N–H and O–H groups in total. The maximum atomic E-state index is 6.25. The highest BCUT2D eigenvalue weighted by molar-refractivity contribution is 6.64. The molecule has 2 heterocycles. The smallest absolute Gasteiger partial charge is 0.159 e. The van der Waals surface area contributed by atoms with E-state index in [2.05, 4.69) is 13.1 Å². The number of epoxide rings is 2. The molecule has 2 rings (SSSR count). The van der Waals surface area contributed by atoms with E-state index in [1.165, 1.54) is 12.1 Å². The monoisotopic (exact) mass is 334 g/mol. The van der Waals surface area contributed by atoms with Crippen LogP contribution in [0.15, 0.2) is 0 Å². The molecular formula is C14H30O5Si2. The van der Waals surface area contributed by atoms with E-state index in [0.29, 0.717) is 12.2 Å². The molecule has 2 aliphatic rings. The molecule has 21 heavy (non-hydrogen) atoms. The van der Waals surface area contributed by atoms with Crippen LogP contribution >= 0.6 is 0 Å². The average Bonchev–Trinajstić information content (AvgIpc) is 3.32. The molecule has 124 valence electrons. The number of ether oxygens (including phenoxy) is 4. The van der Waals surface area contributed by atoms with Crippen LogP contribution in [-0.4, -0.2) is 69.9 Å². The first-order chi connectivity index (χ1) is 10.2.